The van der Waals surface area contributed by atoms with E-state index in [2.05, 4.69) is 15.9 Å². The van der Waals surface area contributed by atoms with Gasteiger partial charge in [-0.2, -0.15) is 0 Å². The van der Waals surface area contributed by atoms with E-state index in [9.17, 15) is 13.6 Å². The second kappa shape index (κ2) is 4.75. The zero-order valence-electron chi connectivity index (χ0n) is 8.58. The van der Waals surface area contributed by atoms with E-state index in [-0.39, 0.29) is 11.1 Å². The van der Waals surface area contributed by atoms with Gasteiger partial charge in [-0.25, -0.2) is 8.78 Å². The van der Waals surface area contributed by atoms with Crippen molar-refractivity contribution in [1.29, 1.82) is 0 Å². The highest BCUT2D eigenvalue weighted by atomic mass is 79.9. The Morgan fingerprint density at radius 1 is 1.00 bits per heavy atom. The van der Waals surface area contributed by atoms with Crippen LogP contribution >= 0.6 is 15.9 Å². The molecule has 0 aliphatic heterocycles. The Labute approximate surface area is 105 Å². The smallest absolute Gasteiger partial charge is 0.197 e. The second-order valence-corrected chi connectivity index (χ2v) is 4.29. The molecule has 0 aromatic heterocycles. The number of benzene rings is 2. The molecule has 0 spiro atoms. The van der Waals surface area contributed by atoms with Crippen LogP contribution in [0.15, 0.2) is 46.9 Å². The quantitative estimate of drug-likeness (QED) is 0.767. The van der Waals surface area contributed by atoms with Crippen molar-refractivity contribution in [3.8, 4) is 0 Å². The zero-order chi connectivity index (χ0) is 12.4. The van der Waals surface area contributed by atoms with E-state index < -0.39 is 17.4 Å². The number of ketones is 1. The zero-order valence-corrected chi connectivity index (χ0v) is 10.2. The van der Waals surface area contributed by atoms with E-state index in [1.54, 1.807) is 6.07 Å². The maximum Gasteiger partial charge on any atom is 0.197 e. The van der Waals surface area contributed by atoms with Gasteiger partial charge in [-0.3, -0.25) is 4.79 Å². The third-order valence-electron chi connectivity index (χ3n) is 2.29. The average molecular weight is 297 g/mol. The van der Waals surface area contributed by atoms with Gasteiger partial charge in [0, 0.05) is 10.0 Å². The largest absolute Gasteiger partial charge is 0.288 e. The lowest BCUT2D eigenvalue weighted by molar-refractivity contribution is 0.103. The molecule has 2 aromatic rings. The van der Waals surface area contributed by atoms with E-state index in [1.165, 1.54) is 36.4 Å². The van der Waals surface area contributed by atoms with Crippen molar-refractivity contribution < 1.29 is 13.6 Å². The third-order valence-corrected chi connectivity index (χ3v) is 2.95. The molecule has 1 nitrogen and oxygen atoms in total. The monoisotopic (exact) mass is 296 g/mol. The van der Waals surface area contributed by atoms with Gasteiger partial charge in [-0.15, -0.1) is 0 Å². The second-order valence-electron chi connectivity index (χ2n) is 3.43. The summed E-state index contributed by atoms with van der Waals surface area (Å²) in [6.07, 6.45) is 0. The number of hydrogen-bond acceptors (Lipinski definition) is 1. The molecule has 0 unspecified atom stereocenters. The van der Waals surface area contributed by atoms with Crippen LogP contribution in [0.1, 0.15) is 15.9 Å². The molecule has 0 amide bonds. The van der Waals surface area contributed by atoms with Crippen LogP contribution in [0.4, 0.5) is 8.78 Å². The summed E-state index contributed by atoms with van der Waals surface area (Å²) in [4.78, 5) is 12.0. The van der Waals surface area contributed by atoms with Gasteiger partial charge < -0.3 is 0 Å². The van der Waals surface area contributed by atoms with Crippen LogP contribution in [-0.2, 0) is 0 Å². The summed E-state index contributed by atoms with van der Waals surface area (Å²) >= 11 is 3.09. The van der Waals surface area contributed by atoms with Gasteiger partial charge in [-0.1, -0.05) is 12.1 Å². The van der Waals surface area contributed by atoms with Crippen LogP contribution in [0.3, 0.4) is 0 Å². The highest BCUT2D eigenvalue weighted by Crippen LogP contribution is 2.22. The molecule has 0 atom stereocenters. The predicted molar refractivity (Wildman–Crippen MR) is 63.9 cm³/mol. The fourth-order valence-corrected chi connectivity index (χ4v) is 1.99. The first-order valence-electron chi connectivity index (χ1n) is 4.84. The number of carbonyl (C=O) groups excluding carboxylic acids is 1. The molecule has 0 radical (unpaired) electrons. The molecule has 0 heterocycles. The fourth-order valence-electron chi connectivity index (χ4n) is 1.46. The Balaban J connectivity index is 2.48. The maximum atomic E-state index is 13.4. The first-order chi connectivity index (χ1) is 8.09. The molecule has 0 N–H and O–H groups in total. The van der Waals surface area contributed by atoms with Crippen molar-refractivity contribution in [1.82, 2.24) is 0 Å². The Kier molecular flexibility index (Phi) is 3.33. The predicted octanol–water partition coefficient (Wildman–Crippen LogP) is 3.96. The SMILES string of the molecule is O=C(c1ccccc1F)c1ccc(F)cc1Br. The fraction of sp³-hybridized carbons (Fsp3) is 0. The number of halogens is 3. The highest BCUT2D eigenvalue weighted by molar-refractivity contribution is 9.10. The minimum Gasteiger partial charge on any atom is -0.288 e. The molecule has 0 saturated carbocycles. The summed E-state index contributed by atoms with van der Waals surface area (Å²) in [6, 6.07) is 9.36. The first-order valence-corrected chi connectivity index (χ1v) is 5.63. The van der Waals surface area contributed by atoms with Crippen molar-refractivity contribution >= 4 is 21.7 Å². The van der Waals surface area contributed by atoms with Crippen LogP contribution in [0.25, 0.3) is 0 Å². The van der Waals surface area contributed by atoms with Crippen LogP contribution < -0.4 is 0 Å². The Hall–Kier alpha value is -1.55. The summed E-state index contributed by atoms with van der Waals surface area (Å²) in [7, 11) is 0. The maximum absolute atomic E-state index is 13.4. The molecule has 0 fully saturated rings. The van der Waals surface area contributed by atoms with Gasteiger partial charge in [0.05, 0.1) is 5.56 Å². The van der Waals surface area contributed by atoms with Crippen molar-refractivity contribution in [3.63, 3.8) is 0 Å². The summed E-state index contributed by atoms with van der Waals surface area (Å²) in [5.41, 5.74) is 0.205. The van der Waals surface area contributed by atoms with Crippen LogP contribution in [0.5, 0.6) is 0 Å². The van der Waals surface area contributed by atoms with Crippen LogP contribution in [0.2, 0.25) is 0 Å². The summed E-state index contributed by atoms with van der Waals surface area (Å²) < 4.78 is 26.6. The van der Waals surface area contributed by atoms with Crippen molar-refractivity contribution in [3.05, 3.63) is 69.7 Å². The van der Waals surface area contributed by atoms with Gasteiger partial charge >= 0.3 is 0 Å². The summed E-state index contributed by atoms with van der Waals surface area (Å²) in [6.45, 7) is 0. The highest BCUT2D eigenvalue weighted by Gasteiger charge is 2.16. The van der Waals surface area contributed by atoms with Gasteiger partial charge in [0.25, 0.3) is 0 Å². The molecular formula is C13H7BrF2O. The molecule has 17 heavy (non-hydrogen) atoms. The Morgan fingerprint density at radius 3 is 2.35 bits per heavy atom. The molecular weight excluding hydrogens is 290 g/mol. The lowest BCUT2D eigenvalue weighted by Crippen LogP contribution is -2.05. The lowest BCUT2D eigenvalue weighted by atomic mass is 10.0. The first kappa shape index (κ1) is 11.9. The van der Waals surface area contributed by atoms with E-state index in [4.69, 9.17) is 0 Å². The van der Waals surface area contributed by atoms with Gasteiger partial charge in [0.1, 0.15) is 11.6 Å². The topological polar surface area (TPSA) is 17.1 Å². The van der Waals surface area contributed by atoms with E-state index >= 15 is 0 Å². The molecule has 0 bridgehead atoms. The number of carbonyl (C=O) groups is 1. The Bertz CT molecular complexity index is 581. The van der Waals surface area contributed by atoms with Crippen LogP contribution in [0, 0.1) is 11.6 Å². The van der Waals surface area contributed by atoms with Gasteiger partial charge in [0.15, 0.2) is 5.78 Å². The van der Waals surface area contributed by atoms with E-state index in [0.717, 1.165) is 0 Å². The molecule has 86 valence electrons. The third kappa shape index (κ3) is 2.42. The van der Waals surface area contributed by atoms with Crippen molar-refractivity contribution in [2.24, 2.45) is 0 Å². The minimum absolute atomic E-state index is 0.0280. The van der Waals surface area contributed by atoms with E-state index in [1.807, 2.05) is 0 Å². The average Bonchev–Trinajstić information content (AvgIpc) is 2.29. The standard InChI is InChI=1S/C13H7BrF2O/c14-11-7-8(15)5-6-9(11)13(17)10-3-1-2-4-12(10)16/h1-7H. The van der Waals surface area contributed by atoms with Crippen molar-refractivity contribution in [2.45, 2.75) is 0 Å². The molecule has 2 aromatic carbocycles. The summed E-state index contributed by atoms with van der Waals surface area (Å²) in [5.74, 6) is -1.52. The number of hydrogen-bond donors (Lipinski definition) is 0. The molecule has 0 aliphatic carbocycles. The van der Waals surface area contributed by atoms with E-state index in [0.29, 0.717) is 4.47 Å². The molecule has 0 aliphatic rings. The summed E-state index contributed by atoms with van der Waals surface area (Å²) in [5, 5.41) is 0. The number of rotatable bonds is 2. The normalized spacial score (nSPS) is 10.3. The molecule has 2 rings (SSSR count). The molecule has 4 heteroatoms. The van der Waals surface area contributed by atoms with Gasteiger partial charge in [-0.05, 0) is 46.3 Å². The minimum atomic E-state index is -0.589. The Morgan fingerprint density at radius 2 is 1.71 bits per heavy atom. The lowest BCUT2D eigenvalue weighted by Gasteiger charge is -2.04. The van der Waals surface area contributed by atoms with Gasteiger partial charge in [0.2, 0.25) is 0 Å². The van der Waals surface area contributed by atoms with Crippen molar-refractivity contribution in [2.75, 3.05) is 0 Å². The molecule has 0 saturated heterocycles. The van der Waals surface area contributed by atoms with Crippen LogP contribution in [-0.4, -0.2) is 5.78 Å².